The molecule has 4 nitrogen and oxygen atoms in total. The van der Waals surface area contributed by atoms with Crippen LogP contribution in [0.15, 0.2) is 34.9 Å². The smallest absolute Gasteiger partial charge is 0.257 e. The summed E-state index contributed by atoms with van der Waals surface area (Å²) in [5, 5.41) is 4.23. The first-order valence-corrected chi connectivity index (χ1v) is 6.24. The Morgan fingerprint density at radius 1 is 1.44 bits per heavy atom. The number of furan rings is 1. The monoisotopic (exact) mass is 244 g/mol. The van der Waals surface area contributed by atoms with Crippen LogP contribution in [0.1, 0.15) is 17.3 Å². The van der Waals surface area contributed by atoms with Gasteiger partial charge in [0, 0.05) is 31.1 Å². The number of amides is 1. The third-order valence-electron chi connectivity index (χ3n) is 3.37. The first-order chi connectivity index (χ1) is 8.75. The zero-order valence-electron chi connectivity index (χ0n) is 10.3. The van der Waals surface area contributed by atoms with Crippen molar-refractivity contribution in [2.75, 3.05) is 19.6 Å². The van der Waals surface area contributed by atoms with Gasteiger partial charge in [-0.15, -0.1) is 0 Å². The van der Waals surface area contributed by atoms with Crippen LogP contribution in [-0.4, -0.2) is 36.5 Å². The molecule has 1 aliphatic heterocycles. The van der Waals surface area contributed by atoms with Gasteiger partial charge in [-0.3, -0.25) is 4.79 Å². The van der Waals surface area contributed by atoms with Crippen LogP contribution in [0.2, 0.25) is 0 Å². The number of fused-ring (bicyclic) bond motifs is 1. The summed E-state index contributed by atoms with van der Waals surface area (Å²) in [4.78, 5) is 14.3. The van der Waals surface area contributed by atoms with Gasteiger partial charge in [-0.2, -0.15) is 0 Å². The topological polar surface area (TPSA) is 45.5 Å². The largest absolute Gasteiger partial charge is 0.463 e. The molecule has 3 rings (SSSR count). The SMILES string of the molecule is C[C@@H]1CN(C(=O)c2coc3ccccc23)CCN1. The van der Waals surface area contributed by atoms with E-state index in [-0.39, 0.29) is 5.91 Å². The minimum atomic E-state index is 0.0632. The van der Waals surface area contributed by atoms with Crippen LogP contribution in [0.4, 0.5) is 0 Å². The highest BCUT2D eigenvalue weighted by Gasteiger charge is 2.24. The molecule has 0 radical (unpaired) electrons. The molecular weight excluding hydrogens is 228 g/mol. The van der Waals surface area contributed by atoms with Crippen LogP contribution in [-0.2, 0) is 0 Å². The molecule has 1 aromatic carbocycles. The van der Waals surface area contributed by atoms with Crippen molar-refractivity contribution in [3.8, 4) is 0 Å². The molecule has 94 valence electrons. The number of nitrogens with one attached hydrogen (secondary N) is 1. The number of hydrogen-bond acceptors (Lipinski definition) is 3. The van der Waals surface area contributed by atoms with Crippen LogP contribution in [0, 0.1) is 0 Å². The highest BCUT2D eigenvalue weighted by atomic mass is 16.3. The number of benzene rings is 1. The molecular formula is C14H16N2O2. The fourth-order valence-corrected chi connectivity index (χ4v) is 2.43. The molecule has 2 heterocycles. The van der Waals surface area contributed by atoms with Gasteiger partial charge in [0.2, 0.25) is 0 Å². The average molecular weight is 244 g/mol. The quantitative estimate of drug-likeness (QED) is 0.833. The molecule has 1 saturated heterocycles. The zero-order chi connectivity index (χ0) is 12.5. The summed E-state index contributed by atoms with van der Waals surface area (Å²) < 4.78 is 5.42. The number of rotatable bonds is 1. The number of hydrogen-bond donors (Lipinski definition) is 1. The summed E-state index contributed by atoms with van der Waals surface area (Å²) >= 11 is 0. The molecule has 1 amide bonds. The molecule has 1 atom stereocenters. The van der Waals surface area contributed by atoms with Gasteiger partial charge in [-0.25, -0.2) is 0 Å². The third kappa shape index (κ3) is 1.88. The first kappa shape index (κ1) is 11.3. The summed E-state index contributed by atoms with van der Waals surface area (Å²) in [6.07, 6.45) is 1.57. The van der Waals surface area contributed by atoms with E-state index in [9.17, 15) is 4.79 Å². The van der Waals surface area contributed by atoms with Crippen LogP contribution >= 0.6 is 0 Å². The zero-order valence-corrected chi connectivity index (χ0v) is 10.3. The average Bonchev–Trinajstić information content (AvgIpc) is 2.82. The third-order valence-corrected chi connectivity index (χ3v) is 3.37. The minimum Gasteiger partial charge on any atom is -0.463 e. The van der Waals surface area contributed by atoms with E-state index in [0.29, 0.717) is 11.6 Å². The molecule has 1 fully saturated rings. The van der Waals surface area contributed by atoms with E-state index in [4.69, 9.17) is 4.42 Å². The van der Waals surface area contributed by atoms with Gasteiger partial charge in [0.05, 0.1) is 5.56 Å². The number of para-hydroxylation sites is 1. The number of nitrogens with zero attached hydrogens (tertiary/aromatic N) is 1. The first-order valence-electron chi connectivity index (χ1n) is 6.24. The normalized spacial score (nSPS) is 20.3. The molecule has 0 bridgehead atoms. The summed E-state index contributed by atoms with van der Waals surface area (Å²) in [6.45, 7) is 4.44. The van der Waals surface area contributed by atoms with Crippen molar-refractivity contribution < 1.29 is 9.21 Å². The van der Waals surface area contributed by atoms with Crippen molar-refractivity contribution in [3.05, 3.63) is 36.1 Å². The van der Waals surface area contributed by atoms with Crippen molar-refractivity contribution in [1.82, 2.24) is 10.2 Å². The van der Waals surface area contributed by atoms with Crippen molar-refractivity contribution in [2.24, 2.45) is 0 Å². The Morgan fingerprint density at radius 3 is 3.11 bits per heavy atom. The van der Waals surface area contributed by atoms with E-state index in [1.807, 2.05) is 29.2 Å². The number of piperazine rings is 1. The highest BCUT2D eigenvalue weighted by molar-refractivity contribution is 6.05. The number of carbonyl (C=O) groups is 1. The van der Waals surface area contributed by atoms with E-state index in [2.05, 4.69) is 12.2 Å². The van der Waals surface area contributed by atoms with E-state index in [1.165, 1.54) is 0 Å². The van der Waals surface area contributed by atoms with Crippen molar-refractivity contribution in [2.45, 2.75) is 13.0 Å². The van der Waals surface area contributed by atoms with Gasteiger partial charge < -0.3 is 14.6 Å². The second-order valence-electron chi connectivity index (χ2n) is 4.75. The molecule has 1 aromatic heterocycles. The Hall–Kier alpha value is -1.81. The van der Waals surface area contributed by atoms with Crippen LogP contribution in [0.25, 0.3) is 11.0 Å². The molecule has 0 unspecified atom stereocenters. The molecule has 0 saturated carbocycles. The maximum Gasteiger partial charge on any atom is 0.257 e. The molecule has 1 N–H and O–H groups in total. The highest BCUT2D eigenvalue weighted by Crippen LogP contribution is 2.22. The molecule has 4 heteroatoms. The maximum absolute atomic E-state index is 12.5. The Labute approximate surface area is 106 Å². The summed E-state index contributed by atoms with van der Waals surface area (Å²) in [5.74, 6) is 0.0632. The number of carbonyl (C=O) groups excluding carboxylic acids is 1. The lowest BCUT2D eigenvalue weighted by molar-refractivity contribution is 0.0710. The predicted molar refractivity (Wildman–Crippen MR) is 69.6 cm³/mol. The Kier molecular flexibility index (Phi) is 2.80. The maximum atomic E-state index is 12.5. The molecule has 2 aromatic rings. The van der Waals surface area contributed by atoms with Gasteiger partial charge in [-0.05, 0) is 13.0 Å². The van der Waals surface area contributed by atoms with E-state index in [1.54, 1.807) is 6.26 Å². The summed E-state index contributed by atoms with van der Waals surface area (Å²) in [6, 6.07) is 7.99. The lowest BCUT2D eigenvalue weighted by atomic mass is 10.1. The summed E-state index contributed by atoms with van der Waals surface area (Å²) in [7, 11) is 0. The molecule has 18 heavy (non-hydrogen) atoms. The van der Waals surface area contributed by atoms with Crippen LogP contribution in [0.3, 0.4) is 0 Å². The second-order valence-corrected chi connectivity index (χ2v) is 4.75. The molecule has 1 aliphatic rings. The minimum absolute atomic E-state index is 0.0632. The van der Waals surface area contributed by atoms with Crippen LogP contribution < -0.4 is 5.32 Å². The predicted octanol–water partition coefficient (Wildman–Crippen LogP) is 1.87. The van der Waals surface area contributed by atoms with Crippen molar-refractivity contribution in [1.29, 1.82) is 0 Å². The molecule has 0 aliphatic carbocycles. The van der Waals surface area contributed by atoms with Crippen molar-refractivity contribution >= 4 is 16.9 Å². The van der Waals surface area contributed by atoms with Gasteiger partial charge >= 0.3 is 0 Å². The standard InChI is InChI=1S/C14H16N2O2/c1-10-8-16(7-6-15-10)14(17)12-9-18-13-5-3-2-4-11(12)13/h2-5,9-10,15H,6-8H2,1H3/t10-/m1/s1. The van der Waals surface area contributed by atoms with Gasteiger partial charge in [-0.1, -0.05) is 18.2 Å². The van der Waals surface area contributed by atoms with Crippen LogP contribution in [0.5, 0.6) is 0 Å². The lowest BCUT2D eigenvalue weighted by Gasteiger charge is -2.31. The Balaban J connectivity index is 1.92. The van der Waals surface area contributed by atoms with E-state index in [0.717, 1.165) is 30.6 Å². The van der Waals surface area contributed by atoms with Gasteiger partial charge in [0.1, 0.15) is 11.8 Å². The summed E-state index contributed by atoms with van der Waals surface area (Å²) in [5.41, 5.74) is 1.43. The van der Waals surface area contributed by atoms with Crippen molar-refractivity contribution in [3.63, 3.8) is 0 Å². The van der Waals surface area contributed by atoms with Gasteiger partial charge in [0.15, 0.2) is 0 Å². The Morgan fingerprint density at radius 2 is 2.28 bits per heavy atom. The lowest BCUT2D eigenvalue weighted by Crippen LogP contribution is -2.51. The second kappa shape index (κ2) is 4.46. The van der Waals surface area contributed by atoms with Gasteiger partial charge in [0.25, 0.3) is 5.91 Å². The fourth-order valence-electron chi connectivity index (χ4n) is 2.43. The van der Waals surface area contributed by atoms with E-state index >= 15 is 0 Å². The fraction of sp³-hybridized carbons (Fsp3) is 0.357. The van der Waals surface area contributed by atoms with E-state index < -0.39 is 0 Å². The Bertz CT molecular complexity index is 576. The molecule has 0 spiro atoms.